The fourth-order valence-corrected chi connectivity index (χ4v) is 4.39. The average Bonchev–Trinajstić information content (AvgIpc) is 3.34. The standard InChI is InChI=1S/C24H33NO8/c1-23(2,3)21-25(22(27)29-13-14-10-8-7-9-11-14)15(19(26)31-21)12-16-17-18(20(28-6)30-16)33-24(4,5)32-17/h7-11,15-18,20-21H,12-13H2,1-6H3/t15-,16+,17+,18+,20+,21-/m0/s1/i15D. The van der Waals surface area contributed by atoms with Crippen molar-refractivity contribution in [3.8, 4) is 0 Å². The van der Waals surface area contributed by atoms with Crippen molar-refractivity contribution in [2.24, 2.45) is 5.41 Å². The largest absolute Gasteiger partial charge is 0.444 e. The van der Waals surface area contributed by atoms with E-state index in [9.17, 15) is 9.59 Å². The highest BCUT2D eigenvalue weighted by Gasteiger charge is 2.58. The van der Waals surface area contributed by atoms with Crippen LogP contribution >= 0.6 is 0 Å². The number of carbonyl (C=O) groups is 2. The van der Waals surface area contributed by atoms with Crippen LogP contribution in [0.5, 0.6) is 0 Å². The van der Waals surface area contributed by atoms with E-state index in [0.717, 1.165) is 10.5 Å². The molecule has 3 heterocycles. The van der Waals surface area contributed by atoms with E-state index >= 15 is 0 Å². The molecule has 3 aliphatic rings. The molecular weight excluding hydrogens is 430 g/mol. The van der Waals surface area contributed by atoms with Crippen LogP contribution in [0.3, 0.4) is 0 Å². The van der Waals surface area contributed by atoms with Gasteiger partial charge >= 0.3 is 12.1 Å². The summed E-state index contributed by atoms with van der Waals surface area (Å²) in [6.45, 7) is 9.03. The van der Waals surface area contributed by atoms with Gasteiger partial charge in [0.15, 0.2) is 18.3 Å². The Kier molecular flexibility index (Phi) is 6.07. The molecule has 3 aliphatic heterocycles. The van der Waals surface area contributed by atoms with Crippen LogP contribution < -0.4 is 0 Å². The third-order valence-corrected chi connectivity index (χ3v) is 5.86. The molecule has 1 aromatic rings. The molecule has 0 radical (unpaired) electrons. The summed E-state index contributed by atoms with van der Waals surface area (Å²) in [5.41, 5.74) is 0.127. The van der Waals surface area contributed by atoms with Crippen molar-refractivity contribution >= 4 is 12.1 Å². The number of hydrogen-bond acceptors (Lipinski definition) is 8. The molecule has 4 rings (SSSR count). The second kappa shape index (κ2) is 8.87. The number of cyclic esters (lactones) is 1. The van der Waals surface area contributed by atoms with E-state index in [1.54, 1.807) is 13.8 Å². The number of nitrogens with zero attached hydrogens (tertiary/aromatic N) is 1. The molecule has 3 fully saturated rings. The summed E-state index contributed by atoms with van der Waals surface area (Å²) in [6.07, 6.45) is -4.58. The summed E-state index contributed by atoms with van der Waals surface area (Å²) < 4.78 is 43.5. The lowest BCUT2D eigenvalue weighted by Crippen LogP contribution is -2.49. The SMILES string of the molecule is [2H][C@]1(C[C@H]2O[C@@H](OC)[C@@H]3OC(C)(C)O[C@@H]32)C(=O)O[C@@H](C(C)(C)C)N1C(=O)OCc1ccccc1. The van der Waals surface area contributed by atoms with E-state index in [1.165, 1.54) is 7.11 Å². The zero-order valence-corrected chi connectivity index (χ0v) is 19.9. The zero-order valence-electron chi connectivity index (χ0n) is 20.9. The third-order valence-electron chi connectivity index (χ3n) is 5.86. The van der Waals surface area contributed by atoms with E-state index in [2.05, 4.69) is 0 Å². The summed E-state index contributed by atoms with van der Waals surface area (Å²) in [5, 5.41) is 0. The Morgan fingerprint density at radius 3 is 2.48 bits per heavy atom. The van der Waals surface area contributed by atoms with Crippen LogP contribution in [0.25, 0.3) is 0 Å². The Morgan fingerprint density at radius 2 is 1.85 bits per heavy atom. The zero-order chi connectivity index (χ0) is 24.9. The van der Waals surface area contributed by atoms with E-state index in [-0.39, 0.29) is 13.0 Å². The van der Waals surface area contributed by atoms with Gasteiger partial charge in [-0.15, -0.1) is 0 Å². The third kappa shape index (κ3) is 4.87. The molecule has 0 bridgehead atoms. The fourth-order valence-electron chi connectivity index (χ4n) is 4.39. The topological polar surface area (TPSA) is 92.8 Å². The number of amides is 1. The maximum atomic E-state index is 13.3. The second-order valence-corrected chi connectivity index (χ2v) is 10.0. The molecular formula is C24H33NO8. The minimum atomic E-state index is -2.08. The van der Waals surface area contributed by atoms with Crippen LogP contribution in [-0.4, -0.2) is 66.7 Å². The molecule has 0 unspecified atom stereocenters. The van der Waals surface area contributed by atoms with Gasteiger partial charge in [-0.1, -0.05) is 51.1 Å². The maximum absolute atomic E-state index is 13.3. The molecule has 3 saturated heterocycles. The molecule has 182 valence electrons. The van der Waals surface area contributed by atoms with Crippen molar-refractivity contribution in [3.63, 3.8) is 0 Å². The molecule has 9 heteroatoms. The smallest absolute Gasteiger partial charge is 0.413 e. The molecule has 0 aromatic heterocycles. The summed E-state index contributed by atoms with van der Waals surface area (Å²) in [5.74, 6) is -1.72. The quantitative estimate of drug-likeness (QED) is 0.614. The van der Waals surface area contributed by atoms with Gasteiger partial charge in [-0.2, -0.15) is 0 Å². The van der Waals surface area contributed by atoms with Gasteiger partial charge in [0.2, 0.25) is 0 Å². The molecule has 1 amide bonds. The van der Waals surface area contributed by atoms with Crippen LogP contribution in [0.15, 0.2) is 30.3 Å². The molecule has 33 heavy (non-hydrogen) atoms. The van der Waals surface area contributed by atoms with Crippen LogP contribution in [0.2, 0.25) is 0 Å². The summed E-state index contributed by atoms with van der Waals surface area (Å²) >= 11 is 0. The lowest BCUT2D eigenvalue weighted by Gasteiger charge is -2.34. The number of methoxy groups -OCH3 is 1. The van der Waals surface area contributed by atoms with Crippen molar-refractivity contribution in [2.45, 2.75) is 90.3 Å². The first kappa shape index (κ1) is 22.6. The Labute approximate surface area is 195 Å². The van der Waals surface area contributed by atoms with E-state index in [1.807, 2.05) is 51.1 Å². The molecule has 0 aliphatic carbocycles. The first-order chi connectivity index (χ1) is 15.9. The van der Waals surface area contributed by atoms with Gasteiger partial charge in [-0.25, -0.2) is 9.59 Å². The summed E-state index contributed by atoms with van der Waals surface area (Å²) in [7, 11) is 1.49. The van der Waals surface area contributed by atoms with Crippen LogP contribution in [-0.2, 0) is 39.8 Å². The number of benzene rings is 1. The number of rotatable bonds is 5. The first-order valence-electron chi connectivity index (χ1n) is 11.6. The van der Waals surface area contributed by atoms with Crippen LogP contribution in [0, 0.1) is 5.41 Å². The Morgan fingerprint density at radius 1 is 1.18 bits per heavy atom. The van der Waals surface area contributed by atoms with Gasteiger partial charge in [0, 0.05) is 18.9 Å². The number of esters is 1. The second-order valence-electron chi connectivity index (χ2n) is 10.0. The Hall–Kier alpha value is -2.20. The van der Waals surface area contributed by atoms with Gasteiger partial charge in [0.25, 0.3) is 0 Å². The number of ether oxygens (including phenoxy) is 6. The highest BCUT2D eigenvalue weighted by atomic mass is 16.8. The van der Waals surface area contributed by atoms with Gasteiger partial charge in [0.1, 0.15) is 24.8 Å². The number of hydrogen-bond donors (Lipinski definition) is 0. The highest BCUT2D eigenvalue weighted by molar-refractivity contribution is 5.84. The minimum Gasteiger partial charge on any atom is -0.444 e. The summed E-state index contributed by atoms with van der Waals surface area (Å²) in [4.78, 5) is 27.5. The molecule has 1 aromatic carbocycles. The molecule has 0 saturated carbocycles. The van der Waals surface area contributed by atoms with Gasteiger partial charge in [-0.05, 0) is 19.4 Å². The fraction of sp³-hybridized carbons (Fsp3) is 0.667. The first-order valence-corrected chi connectivity index (χ1v) is 11.1. The maximum Gasteiger partial charge on any atom is 0.413 e. The van der Waals surface area contributed by atoms with E-state index < -0.39 is 60.1 Å². The van der Waals surface area contributed by atoms with Gasteiger partial charge < -0.3 is 28.4 Å². The number of carbonyl (C=O) groups excluding carboxylic acids is 2. The van der Waals surface area contributed by atoms with Crippen LogP contribution in [0.1, 0.15) is 48.0 Å². The van der Waals surface area contributed by atoms with Crippen molar-refractivity contribution < 1.29 is 39.4 Å². The monoisotopic (exact) mass is 464 g/mol. The Balaban J connectivity index is 1.59. The Bertz CT molecular complexity index is 919. The van der Waals surface area contributed by atoms with E-state index in [0.29, 0.717) is 0 Å². The lowest BCUT2D eigenvalue weighted by atomic mass is 9.93. The van der Waals surface area contributed by atoms with E-state index in [4.69, 9.17) is 29.8 Å². The van der Waals surface area contributed by atoms with Crippen molar-refractivity contribution in [1.29, 1.82) is 0 Å². The predicted octanol–water partition coefficient (Wildman–Crippen LogP) is 3.20. The molecule has 9 nitrogen and oxygen atoms in total. The van der Waals surface area contributed by atoms with Crippen molar-refractivity contribution in [2.75, 3.05) is 7.11 Å². The normalized spacial score (nSPS) is 35.8. The molecule has 0 spiro atoms. The average molecular weight is 465 g/mol. The highest BCUT2D eigenvalue weighted by Crippen LogP contribution is 2.42. The molecule has 0 N–H and O–H groups in total. The molecule has 6 atom stereocenters. The number of fused-ring (bicyclic) bond motifs is 1. The summed E-state index contributed by atoms with van der Waals surface area (Å²) in [6, 6.07) is 7.10. The van der Waals surface area contributed by atoms with Crippen LogP contribution in [0.4, 0.5) is 4.79 Å². The minimum absolute atomic E-state index is 0.00117. The predicted molar refractivity (Wildman–Crippen MR) is 116 cm³/mol. The van der Waals surface area contributed by atoms with Gasteiger partial charge in [0.05, 0.1) is 7.47 Å². The van der Waals surface area contributed by atoms with Crippen molar-refractivity contribution in [3.05, 3.63) is 35.9 Å². The van der Waals surface area contributed by atoms with Crippen molar-refractivity contribution in [1.82, 2.24) is 4.90 Å². The van der Waals surface area contributed by atoms with Gasteiger partial charge in [-0.3, -0.25) is 4.90 Å². The lowest BCUT2D eigenvalue weighted by molar-refractivity contribution is -0.228.